The zero-order chi connectivity index (χ0) is 12.6. The van der Waals surface area contributed by atoms with E-state index in [0.29, 0.717) is 0 Å². The first-order chi connectivity index (χ1) is 8.88. The Balaban J connectivity index is 1.75. The highest BCUT2D eigenvalue weighted by Gasteiger charge is 1.97. The third kappa shape index (κ3) is 4.41. The number of aliphatic hydroxyl groups excluding tert-OH is 1. The van der Waals surface area contributed by atoms with Gasteiger partial charge in [0, 0.05) is 21.3 Å². The number of hydrogen-bond donors (Lipinski definition) is 1. The second-order valence-electron chi connectivity index (χ2n) is 3.82. The topological polar surface area (TPSA) is 20.2 Å². The predicted octanol–water partition coefficient (Wildman–Crippen LogP) is 4.06. The molecule has 0 aliphatic carbocycles. The number of rotatable bonds is 6. The molecular formula is C15H16OS2. The summed E-state index contributed by atoms with van der Waals surface area (Å²) in [6.07, 6.45) is 0. The van der Waals surface area contributed by atoms with E-state index in [0.717, 1.165) is 17.1 Å². The molecular weight excluding hydrogens is 260 g/mol. The summed E-state index contributed by atoms with van der Waals surface area (Å²) in [6.45, 7) is 0.118. The summed E-state index contributed by atoms with van der Waals surface area (Å²) in [4.78, 5) is 2.55. The van der Waals surface area contributed by atoms with Crippen molar-refractivity contribution in [2.24, 2.45) is 0 Å². The molecule has 0 bridgehead atoms. The molecule has 0 amide bonds. The molecule has 18 heavy (non-hydrogen) atoms. The fraction of sp³-hybridized carbons (Fsp3) is 0.200. The third-order valence-electron chi connectivity index (χ3n) is 2.45. The molecule has 0 aliphatic rings. The molecule has 0 aromatic heterocycles. The Kier molecular flexibility index (Phi) is 5.65. The fourth-order valence-electron chi connectivity index (χ4n) is 1.57. The third-order valence-corrected chi connectivity index (χ3v) is 4.71. The number of hydrogen-bond acceptors (Lipinski definition) is 3. The van der Waals surface area contributed by atoms with Gasteiger partial charge in [0.2, 0.25) is 0 Å². The highest BCUT2D eigenvalue weighted by atomic mass is 32.2. The first-order valence-corrected chi connectivity index (χ1v) is 7.86. The SMILES string of the molecule is OCc1cccc(SCCSc2ccccc2)c1. The molecule has 0 aliphatic heterocycles. The summed E-state index contributed by atoms with van der Waals surface area (Å²) in [6, 6.07) is 18.6. The van der Waals surface area contributed by atoms with Crippen LogP contribution < -0.4 is 0 Å². The Morgan fingerprint density at radius 1 is 0.778 bits per heavy atom. The van der Waals surface area contributed by atoms with Crippen molar-refractivity contribution in [1.29, 1.82) is 0 Å². The highest BCUT2D eigenvalue weighted by Crippen LogP contribution is 2.23. The minimum absolute atomic E-state index is 0.118. The maximum absolute atomic E-state index is 9.07. The van der Waals surface area contributed by atoms with Gasteiger partial charge in [-0.1, -0.05) is 30.3 Å². The summed E-state index contributed by atoms with van der Waals surface area (Å²) in [5, 5.41) is 9.07. The van der Waals surface area contributed by atoms with Gasteiger partial charge in [-0.15, -0.1) is 23.5 Å². The Hall–Kier alpha value is -0.900. The molecule has 0 unspecified atom stereocenters. The lowest BCUT2D eigenvalue weighted by Crippen LogP contribution is -1.86. The van der Waals surface area contributed by atoms with Crippen LogP contribution in [0.3, 0.4) is 0 Å². The van der Waals surface area contributed by atoms with Crippen molar-refractivity contribution < 1.29 is 5.11 Å². The van der Waals surface area contributed by atoms with E-state index in [4.69, 9.17) is 5.11 Å². The van der Waals surface area contributed by atoms with Crippen LogP contribution in [0, 0.1) is 0 Å². The number of aliphatic hydroxyl groups is 1. The van der Waals surface area contributed by atoms with Gasteiger partial charge in [0.15, 0.2) is 0 Å². The number of benzene rings is 2. The summed E-state index contributed by atoms with van der Waals surface area (Å²) in [5.41, 5.74) is 0.982. The van der Waals surface area contributed by atoms with Gasteiger partial charge in [0.25, 0.3) is 0 Å². The molecule has 0 radical (unpaired) electrons. The molecule has 2 aromatic carbocycles. The molecule has 0 atom stereocenters. The maximum Gasteiger partial charge on any atom is 0.0682 e. The van der Waals surface area contributed by atoms with Gasteiger partial charge in [0.05, 0.1) is 6.61 Å². The molecule has 0 fully saturated rings. The van der Waals surface area contributed by atoms with Crippen LogP contribution in [0.1, 0.15) is 5.56 Å². The number of thioether (sulfide) groups is 2. The lowest BCUT2D eigenvalue weighted by molar-refractivity contribution is 0.281. The quantitative estimate of drug-likeness (QED) is 0.634. The Morgan fingerprint density at radius 3 is 2.17 bits per heavy atom. The molecule has 0 spiro atoms. The minimum atomic E-state index is 0.118. The van der Waals surface area contributed by atoms with Crippen LogP contribution in [0.15, 0.2) is 64.4 Å². The second-order valence-corrected chi connectivity index (χ2v) is 6.15. The zero-order valence-corrected chi connectivity index (χ0v) is 11.7. The van der Waals surface area contributed by atoms with Crippen LogP contribution in [-0.4, -0.2) is 16.6 Å². The Labute approximate surface area is 117 Å². The molecule has 2 rings (SSSR count). The van der Waals surface area contributed by atoms with Crippen LogP contribution in [0.5, 0.6) is 0 Å². The zero-order valence-electron chi connectivity index (χ0n) is 10.1. The van der Waals surface area contributed by atoms with Crippen LogP contribution >= 0.6 is 23.5 Å². The predicted molar refractivity (Wildman–Crippen MR) is 80.3 cm³/mol. The van der Waals surface area contributed by atoms with Crippen molar-refractivity contribution in [3.8, 4) is 0 Å². The summed E-state index contributed by atoms with van der Waals surface area (Å²) >= 11 is 3.72. The Bertz CT molecular complexity index is 471. The lowest BCUT2D eigenvalue weighted by Gasteiger charge is -2.04. The van der Waals surface area contributed by atoms with Gasteiger partial charge < -0.3 is 5.11 Å². The van der Waals surface area contributed by atoms with E-state index >= 15 is 0 Å². The van der Waals surface area contributed by atoms with Crippen molar-refractivity contribution >= 4 is 23.5 Å². The summed E-state index contributed by atoms with van der Waals surface area (Å²) in [5.74, 6) is 2.17. The van der Waals surface area contributed by atoms with Crippen molar-refractivity contribution in [2.75, 3.05) is 11.5 Å². The van der Waals surface area contributed by atoms with Gasteiger partial charge in [-0.05, 0) is 29.8 Å². The Morgan fingerprint density at radius 2 is 1.44 bits per heavy atom. The first-order valence-electron chi connectivity index (χ1n) is 5.89. The standard InChI is InChI=1S/C15H16OS2/c16-12-13-5-4-8-15(11-13)18-10-9-17-14-6-2-1-3-7-14/h1-8,11,16H,9-10,12H2. The van der Waals surface area contributed by atoms with E-state index in [2.05, 4.69) is 36.4 Å². The van der Waals surface area contributed by atoms with Crippen LogP contribution in [-0.2, 0) is 6.61 Å². The van der Waals surface area contributed by atoms with Gasteiger partial charge in [-0.2, -0.15) is 0 Å². The van der Waals surface area contributed by atoms with Crippen LogP contribution in [0.25, 0.3) is 0 Å². The fourth-order valence-corrected chi connectivity index (χ4v) is 3.47. The lowest BCUT2D eigenvalue weighted by atomic mass is 10.2. The summed E-state index contributed by atoms with van der Waals surface area (Å²) < 4.78 is 0. The molecule has 2 aromatic rings. The van der Waals surface area contributed by atoms with Crippen molar-refractivity contribution in [2.45, 2.75) is 16.4 Å². The molecule has 3 heteroatoms. The molecule has 0 saturated heterocycles. The minimum Gasteiger partial charge on any atom is -0.392 e. The van der Waals surface area contributed by atoms with Gasteiger partial charge >= 0.3 is 0 Å². The van der Waals surface area contributed by atoms with Crippen LogP contribution in [0.2, 0.25) is 0 Å². The second kappa shape index (κ2) is 7.52. The van der Waals surface area contributed by atoms with Crippen molar-refractivity contribution in [3.05, 3.63) is 60.2 Å². The van der Waals surface area contributed by atoms with E-state index in [1.165, 1.54) is 9.79 Å². The van der Waals surface area contributed by atoms with E-state index in [-0.39, 0.29) is 6.61 Å². The van der Waals surface area contributed by atoms with Gasteiger partial charge in [0.1, 0.15) is 0 Å². The molecule has 0 heterocycles. The first kappa shape index (κ1) is 13.5. The van der Waals surface area contributed by atoms with Gasteiger partial charge in [-0.3, -0.25) is 0 Å². The average Bonchev–Trinajstić information content (AvgIpc) is 2.45. The molecule has 94 valence electrons. The van der Waals surface area contributed by atoms with E-state index in [1.807, 2.05) is 41.7 Å². The van der Waals surface area contributed by atoms with Crippen molar-refractivity contribution in [3.63, 3.8) is 0 Å². The summed E-state index contributed by atoms with van der Waals surface area (Å²) in [7, 11) is 0. The normalized spacial score (nSPS) is 10.5. The monoisotopic (exact) mass is 276 g/mol. The smallest absolute Gasteiger partial charge is 0.0682 e. The van der Waals surface area contributed by atoms with E-state index in [1.54, 1.807) is 0 Å². The molecule has 1 N–H and O–H groups in total. The maximum atomic E-state index is 9.07. The van der Waals surface area contributed by atoms with Crippen LogP contribution in [0.4, 0.5) is 0 Å². The highest BCUT2D eigenvalue weighted by molar-refractivity contribution is 8.03. The average molecular weight is 276 g/mol. The van der Waals surface area contributed by atoms with Gasteiger partial charge in [-0.25, -0.2) is 0 Å². The van der Waals surface area contributed by atoms with Crippen molar-refractivity contribution in [1.82, 2.24) is 0 Å². The molecule has 0 saturated carbocycles. The van der Waals surface area contributed by atoms with E-state index < -0.39 is 0 Å². The molecule has 1 nitrogen and oxygen atoms in total. The largest absolute Gasteiger partial charge is 0.392 e. The van der Waals surface area contributed by atoms with E-state index in [9.17, 15) is 0 Å².